The van der Waals surface area contributed by atoms with Gasteiger partial charge in [-0.1, -0.05) is 126 Å². The maximum Gasteiger partial charge on any atom is 0.295 e. The fourth-order valence-corrected chi connectivity index (χ4v) is 10.4. The van der Waals surface area contributed by atoms with Crippen molar-refractivity contribution in [2.45, 2.75) is 64.7 Å². The molecule has 0 aromatic heterocycles. The van der Waals surface area contributed by atoms with E-state index in [1.807, 2.05) is 24.3 Å². The first kappa shape index (κ1) is 37.9. The number of rotatable bonds is 7. The number of ether oxygens (including phenoxy) is 2. The molecular formula is C48H48O6P2. The van der Waals surface area contributed by atoms with Crippen LogP contribution < -0.4 is 27.6 Å². The molecule has 0 aliphatic carbocycles. The summed E-state index contributed by atoms with van der Waals surface area (Å²) in [4.78, 5) is 0. The molecule has 6 aromatic carbocycles. The Labute approximate surface area is 333 Å². The molecule has 2 heterocycles. The van der Waals surface area contributed by atoms with Crippen molar-refractivity contribution in [2.24, 2.45) is 0 Å². The molecule has 0 N–H and O–H groups in total. The second-order valence-electron chi connectivity index (χ2n) is 16.3. The number of para-hydroxylation sites is 2. The van der Waals surface area contributed by atoms with Crippen molar-refractivity contribution >= 4 is 16.8 Å². The summed E-state index contributed by atoms with van der Waals surface area (Å²) in [6.07, 6.45) is 1.23. The standard InChI is InChI=1S/C48H48O6P2/c1-47(2,3)41-27-33(49-7)25-39(45(41)53-55-29-31-17-9-11-19-35(31)37-21-13-15-23-43(37)51-55)40-26-34(50-8)28-42(48(4,5)6)46(40)54-56-30-32-18-10-12-20-36(32)38-22-14-16-24-44(38)52-56/h9-28H,29-30H2,1-8H3. The molecule has 0 bridgehead atoms. The highest BCUT2D eigenvalue weighted by atomic mass is 31.2. The summed E-state index contributed by atoms with van der Waals surface area (Å²) in [7, 11) is 0.427. The predicted octanol–water partition coefficient (Wildman–Crippen LogP) is 13.9. The first-order valence-electron chi connectivity index (χ1n) is 19.0. The molecule has 2 unspecified atom stereocenters. The highest BCUT2D eigenvalue weighted by Crippen LogP contribution is 2.59. The third-order valence-corrected chi connectivity index (χ3v) is 13.0. The number of hydrogen-bond acceptors (Lipinski definition) is 6. The average molecular weight is 783 g/mol. The van der Waals surface area contributed by atoms with Crippen molar-refractivity contribution in [3.05, 3.63) is 144 Å². The summed E-state index contributed by atoms with van der Waals surface area (Å²) in [5.74, 6) is 4.50. The lowest BCUT2D eigenvalue weighted by molar-refractivity contribution is 0.408. The lowest BCUT2D eigenvalue weighted by Gasteiger charge is -2.31. The Bertz CT molecular complexity index is 2150. The molecule has 2 aliphatic rings. The van der Waals surface area contributed by atoms with Gasteiger partial charge in [-0.15, -0.1) is 0 Å². The summed E-state index contributed by atoms with van der Waals surface area (Å²) in [6, 6.07) is 41.7. The van der Waals surface area contributed by atoms with E-state index in [1.165, 1.54) is 11.1 Å². The normalized spacial score (nSPS) is 16.0. The molecule has 2 atom stereocenters. The lowest BCUT2D eigenvalue weighted by atomic mass is 9.81. The van der Waals surface area contributed by atoms with Crippen LogP contribution in [0.25, 0.3) is 33.4 Å². The second-order valence-corrected chi connectivity index (χ2v) is 19.0. The van der Waals surface area contributed by atoms with Crippen LogP contribution in [0, 0.1) is 0 Å². The van der Waals surface area contributed by atoms with E-state index < -0.39 is 16.8 Å². The first-order chi connectivity index (χ1) is 26.9. The van der Waals surface area contributed by atoms with E-state index in [1.54, 1.807) is 14.2 Å². The molecule has 0 fully saturated rings. The summed E-state index contributed by atoms with van der Waals surface area (Å²) >= 11 is 0. The Balaban J connectivity index is 1.32. The highest BCUT2D eigenvalue weighted by Gasteiger charge is 2.35. The van der Waals surface area contributed by atoms with E-state index in [0.717, 1.165) is 67.5 Å². The largest absolute Gasteiger partial charge is 0.497 e. The van der Waals surface area contributed by atoms with Crippen molar-refractivity contribution in [3.8, 4) is 67.9 Å². The van der Waals surface area contributed by atoms with Crippen LogP contribution in [0.4, 0.5) is 0 Å². The molecule has 286 valence electrons. The quantitative estimate of drug-likeness (QED) is 0.150. The molecule has 0 spiro atoms. The third kappa shape index (κ3) is 7.46. The van der Waals surface area contributed by atoms with E-state index in [2.05, 4.69) is 139 Å². The highest BCUT2D eigenvalue weighted by molar-refractivity contribution is 7.47. The third-order valence-electron chi connectivity index (χ3n) is 10.3. The number of benzene rings is 6. The van der Waals surface area contributed by atoms with Gasteiger partial charge in [0.15, 0.2) is 0 Å². The maximum absolute atomic E-state index is 7.31. The van der Waals surface area contributed by atoms with Crippen molar-refractivity contribution in [3.63, 3.8) is 0 Å². The van der Waals surface area contributed by atoms with Crippen LogP contribution in [0.5, 0.6) is 34.5 Å². The van der Waals surface area contributed by atoms with Crippen LogP contribution in [0.3, 0.4) is 0 Å². The first-order valence-corrected chi connectivity index (χ1v) is 21.7. The van der Waals surface area contributed by atoms with Gasteiger partial charge in [0.05, 0.1) is 26.5 Å². The van der Waals surface area contributed by atoms with Crippen molar-refractivity contribution in [2.75, 3.05) is 14.2 Å². The minimum Gasteiger partial charge on any atom is -0.497 e. The smallest absolute Gasteiger partial charge is 0.295 e. The predicted molar refractivity (Wildman–Crippen MR) is 230 cm³/mol. The van der Waals surface area contributed by atoms with Crippen molar-refractivity contribution < 1.29 is 27.6 Å². The molecule has 0 saturated heterocycles. The molecule has 2 aliphatic heterocycles. The number of hydrogen-bond donors (Lipinski definition) is 0. The van der Waals surface area contributed by atoms with Gasteiger partial charge < -0.3 is 27.6 Å². The van der Waals surface area contributed by atoms with Crippen LogP contribution in [-0.2, 0) is 23.2 Å². The van der Waals surface area contributed by atoms with Crippen LogP contribution in [-0.4, -0.2) is 14.2 Å². The molecule has 8 heteroatoms. The van der Waals surface area contributed by atoms with Gasteiger partial charge in [0.2, 0.25) is 0 Å². The van der Waals surface area contributed by atoms with Gasteiger partial charge in [0, 0.05) is 33.4 Å². The SMILES string of the molecule is COc1cc(-c2cc(OC)cc(C(C)(C)C)c2OP2Cc3ccccc3-c3ccccc3O2)c(OP2Cc3ccccc3-c3ccccc3O2)c(C(C)(C)C)c1. The summed E-state index contributed by atoms with van der Waals surface area (Å²) in [6.45, 7) is 13.2. The van der Waals surface area contributed by atoms with E-state index >= 15 is 0 Å². The molecule has 8 rings (SSSR count). The topological polar surface area (TPSA) is 55.4 Å². The maximum atomic E-state index is 7.31. The molecular weight excluding hydrogens is 734 g/mol. The van der Waals surface area contributed by atoms with Crippen LogP contribution in [0.15, 0.2) is 121 Å². The average Bonchev–Trinajstić information content (AvgIpc) is 3.44. The van der Waals surface area contributed by atoms with Gasteiger partial charge in [-0.3, -0.25) is 0 Å². The Hall–Kier alpha value is -5.02. The van der Waals surface area contributed by atoms with E-state index in [-0.39, 0.29) is 10.8 Å². The van der Waals surface area contributed by atoms with Crippen molar-refractivity contribution in [1.29, 1.82) is 0 Å². The van der Waals surface area contributed by atoms with E-state index in [0.29, 0.717) is 23.8 Å². The van der Waals surface area contributed by atoms with Gasteiger partial charge in [0.25, 0.3) is 16.8 Å². The van der Waals surface area contributed by atoms with Crippen molar-refractivity contribution in [1.82, 2.24) is 0 Å². The summed E-state index contributed by atoms with van der Waals surface area (Å²) in [5.41, 5.74) is 9.81. The molecule has 0 amide bonds. The molecule has 56 heavy (non-hydrogen) atoms. The van der Waals surface area contributed by atoms with Gasteiger partial charge >= 0.3 is 0 Å². The van der Waals surface area contributed by atoms with Crippen LogP contribution >= 0.6 is 16.8 Å². The number of methoxy groups -OCH3 is 2. The minimum atomic E-state index is -1.49. The molecule has 0 radical (unpaired) electrons. The summed E-state index contributed by atoms with van der Waals surface area (Å²) < 4.78 is 40.4. The second kappa shape index (κ2) is 15.1. The summed E-state index contributed by atoms with van der Waals surface area (Å²) in [5, 5.41) is 0. The van der Waals surface area contributed by atoms with Gasteiger partial charge in [-0.25, -0.2) is 0 Å². The number of fused-ring (bicyclic) bond motifs is 6. The van der Waals surface area contributed by atoms with Gasteiger partial charge in [0.1, 0.15) is 34.5 Å². The van der Waals surface area contributed by atoms with Gasteiger partial charge in [-0.05, 0) is 69.5 Å². The lowest BCUT2D eigenvalue weighted by Crippen LogP contribution is -2.16. The fraction of sp³-hybridized carbons (Fsp3) is 0.250. The van der Waals surface area contributed by atoms with E-state index in [4.69, 9.17) is 27.6 Å². The Morgan fingerprint density at radius 1 is 0.446 bits per heavy atom. The molecule has 6 aromatic rings. The fourth-order valence-electron chi connectivity index (χ4n) is 7.40. The zero-order valence-electron chi connectivity index (χ0n) is 33.3. The van der Waals surface area contributed by atoms with Crippen LogP contribution in [0.2, 0.25) is 0 Å². The Morgan fingerprint density at radius 2 is 0.804 bits per heavy atom. The zero-order valence-corrected chi connectivity index (χ0v) is 35.1. The molecule has 6 nitrogen and oxygen atoms in total. The zero-order chi connectivity index (χ0) is 39.2. The molecule has 0 saturated carbocycles. The van der Waals surface area contributed by atoms with Crippen LogP contribution in [0.1, 0.15) is 63.8 Å². The van der Waals surface area contributed by atoms with Gasteiger partial charge in [-0.2, -0.15) is 0 Å². The Morgan fingerprint density at radius 3 is 1.18 bits per heavy atom. The minimum absolute atomic E-state index is 0.329. The Kier molecular flexibility index (Phi) is 10.2. The van der Waals surface area contributed by atoms with E-state index in [9.17, 15) is 0 Å². The monoisotopic (exact) mass is 782 g/mol.